The summed E-state index contributed by atoms with van der Waals surface area (Å²) in [5.41, 5.74) is 0.522. The van der Waals surface area contributed by atoms with Crippen molar-refractivity contribution in [2.75, 3.05) is 26.7 Å². The quantitative estimate of drug-likeness (QED) is 0.834. The molecule has 0 aromatic rings. The van der Waals surface area contributed by atoms with Crippen LogP contribution in [0.3, 0.4) is 0 Å². The number of carbonyl (C=O) groups excluding carboxylic acids is 1. The van der Waals surface area contributed by atoms with E-state index in [2.05, 4.69) is 36.3 Å². The van der Waals surface area contributed by atoms with Crippen LogP contribution < -0.4 is 10.6 Å². The molecule has 2 fully saturated rings. The fraction of sp³-hybridized carbons (Fsp3) is 0.941. The molecule has 4 nitrogen and oxygen atoms in total. The Hall–Kier alpha value is -0.610. The molecule has 1 heterocycles. The zero-order valence-electron chi connectivity index (χ0n) is 14.2. The maximum absolute atomic E-state index is 11.4. The minimum Gasteiger partial charge on any atom is -0.358 e. The number of hydrogen-bond donors (Lipinski definition) is 2. The molecular formula is C17H33N3O. The predicted molar refractivity (Wildman–Crippen MR) is 87.2 cm³/mol. The third kappa shape index (κ3) is 4.96. The van der Waals surface area contributed by atoms with Crippen LogP contribution >= 0.6 is 0 Å². The number of amides is 1. The van der Waals surface area contributed by atoms with E-state index in [1.165, 1.54) is 32.1 Å². The molecular weight excluding hydrogens is 262 g/mol. The van der Waals surface area contributed by atoms with Gasteiger partial charge in [0.2, 0.25) is 5.91 Å². The molecule has 0 bridgehead atoms. The van der Waals surface area contributed by atoms with Gasteiger partial charge in [-0.1, -0.05) is 20.8 Å². The molecule has 2 aliphatic rings. The van der Waals surface area contributed by atoms with Crippen molar-refractivity contribution in [3.63, 3.8) is 0 Å². The average molecular weight is 295 g/mol. The van der Waals surface area contributed by atoms with Gasteiger partial charge in [-0.15, -0.1) is 0 Å². The van der Waals surface area contributed by atoms with E-state index < -0.39 is 0 Å². The Morgan fingerprint density at radius 3 is 2.48 bits per heavy atom. The summed E-state index contributed by atoms with van der Waals surface area (Å²) in [4.78, 5) is 13.7. The number of piperidine rings is 1. The van der Waals surface area contributed by atoms with Crippen molar-refractivity contribution in [3.8, 4) is 0 Å². The number of nitrogens with zero attached hydrogens (tertiary/aromatic N) is 1. The van der Waals surface area contributed by atoms with Gasteiger partial charge in [0.05, 0.1) is 6.54 Å². The first-order valence-corrected chi connectivity index (χ1v) is 8.58. The Balaban J connectivity index is 1.72. The van der Waals surface area contributed by atoms with Crippen LogP contribution in [0, 0.1) is 11.3 Å². The summed E-state index contributed by atoms with van der Waals surface area (Å²) in [5, 5.41) is 6.61. The Kier molecular flexibility index (Phi) is 5.67. The minimum absolute atomic E-state index is 0.129. The maximum atomic E-state index is 11.4. The second-order valence-electron chi connectivity index (χ2n) is 7.88. The topological polar surface area (TPSA) is 44.4 Å². The predicted octanol–water partition coefficient (Wildman–Crippen LogP) is 2.00. The number of carbonyl (C=O) groups is 1. The van der Waals surface area contributed by atoms with E-state index in [4.69, 9.17) is 0 Å². The standard InChI is InChI=1S/C17H33N3O/c1-13-11-17(2,3)8-5-15(13)19-14-6-9-20(10-7-14)12-16(21)18-4/h13-15,19H,5-12H2,1-4H3,(H,18,21). The van der Waals surface area contributed by atoms with E-state index in [-0.39, 0.29) is 5.91 Å². The van der Waals surface area contributed by atoms with Crippen LogP contribution in [0.5, 0.6) is 0 Å². The average Bonchev–Trinajstić information content (AvgIpc) is 2.43. The molecule has 2 atom stereocenters. The largest absolute Gasteiger partial charge is 0.358 e. The lowest BCUT2D eigenvalue weighted by atomic mass is 9.70. The third-order valence-electron chi connectivity index (χ3n) is 5.38. The molecule has 21 heavy (non-hydrogen) atoms. The van der Waals surface area contributed by atoms with Crippen LogP contribution in [0.1, 0.15) is 52.9 Å². The number of nitrogens with one attached hydrogen (secondary N) is 2. The second kappa shape index (κ2) is 7.10. The molecule has 2 rings (SSSR count). The first-order chi connectivity index (χ1) is 9.89. The number of hydrogen-bond acceptors (Lipinski definition) is 3. The highest BCUT2D eigenvalue weighted by atomic mass is 16.1. The Morgan fingerprint density at radius 1 is 1.24 bits per heavy atom. The lowest BCUT2D eigenvalue weighted by Crippen LogP contribution is -2.51. The molecule has 1 saturated carbocycles. The lowest BCUT2D eigenvalue weighted by molar-refractivity contribution is -0.122. The third-order valence-corrected chi connectivity index (χ3v) is 5.38. The molecule has 2 N–H and O–H groups in total. The molecule has 0 aromatic carbocycles. The fourth-order valence-corrected chi connectivity index (χ4v) is 4.04. The van der Waals surface area contributed by atoms with Gasteiger partial charge in [-0.25, -0.2) is 0 Å². The van der Waals surface area contributed by atoms with Crippen molar-refractivity contribution >= 4 is 5.91 Å². The van der Waals surface area contributed by atoms with Crippen molar-refractivity contribution < 1.29 is 4.79 Å². The molecule has 1 aliphatic heterocycles. The summed E-state index contributed by atoms with van der Waals surface area (Å²) in [5.74, 6) is 0.905. The SMILES string of the molecule is CNC(=O)CN1CCC(NC2CCC(C)(C)CC2C)CC1. The number of likely N-dealkylation sites (N-methyl/N-ethyl adjacent to an activating group) is 1. The van der Waals surface area contributed by atoms with Crippen molar-refractivity contribution in [2.24, 2.45) is 11.3 Å². The molecule has 1 saturated heterocycles. The number of rotatable bonds is 4. The van der Waals surface area contributed by atoms with Gasteiger partial charge in [-0.05, 0) is 43.4 Å². The van der Waals surface area contributed by atoms with Gasteiger partial charge >= 0.3 is 0 Å². The van der Waals surface area contributed by atoms with E-state index in [1.54, 1.807) is 7.05 Å². The van der Waals surface area contributed by atoms with Gasteiger partial charge in [-0.2, -0.15) is 0 Å². The van der Waals surface area contributed by atoms with Crippen molar-refractivity contribution in [3.05, 3.63) is 0 Å². The molecule has 1 amide bonds. The highest BCUT2D eigenvalue weighted by molar-refractivity contribution is 5.77. The van der Waals surface area contributed by atoms with Crippen molar-refractivity contribution in [1.82, 2.24) is 15.5 Å². The first-order valence-electron chi connectivity index (χ1n) is 8.58. The molecule has 4 heteroatoms. The van der Waals surface area contributed by atoms with Crippen molar-refractivity contribution in [1.29, 1.82) is 0 Å². The van der Waals surface area contributed by atoms with Crippen LogP contribution in [-0.2, 0) is 4.79 Å². The van der Waals surface area contributed by atoms with Gasteiger partial charge in [0.1, 0.15) is 0 Å². The van der Waals surface area contributed by atoms with Gasteiger partial charge in [0.15, 0.2) is 0 Å². The van der Waals surface area contributed by atoms with Crippen molar-refractivity contribution in [2.45, 2.75) is 65.0 Å². The summed E-state index contributed by atoms with van der Waals surface area (Å²) in [7, 11) is 1.71. The summed E-state index contributed by atoms with van der Waals surface area (Å²) >= 11 is 0. The normalized spacial score (nSPS) is 31.0. The van der Waals surface area contributed by atoms with E-state index in [9.17, 15) is 4.79 Å². The van der Waals surface area contributed by atoms with Crippen LogP contribution in [0.4, 0.5) is 0 Å². The minimum atomic E-state index is 0.129. The monoisotopic (exact) mass is 295 g/mol. The van der Waals surface area contributed by atoms with Crippen LogP contribution in [0.2, 0.25) is 0 Å². The molecule has 0 spiro atoms. The lowest BCUT2D eigenvalue weighted by Gasteiger charge is -2.42. The van der Waals surface area contributed by atoms with E-state index >= 15 is 0 Å². The first kappa shape index (κ1) is 16.8. The Bertz CT molecular complexity index is 348. The highest BCUT2D eigenvalue weighted by Crippen LogP contribution is 2.38. The molecule has 0 radical (unpaired) electrons. The van der Waals surface area contributed by atoms with E-state index in [1.807, 2.05) is 0 Å². The Morgan fingerprint density at radius 2 is 1.90 bits per heavy atom. The number of likely N-dealkylation sites (tertiary alicyclic amines) is 1. The van der Waals surface area contributed by atoms with Crippen LogP contribution in [0.15, 0.2) is 0 Å². The summed E-state index contributed by atoms with van der Waals surface area (Å²) in [6.07, 6.45) is 6.32. The zero-order chi connectivity index (χ0) is 15.5. The van der Waals surface area contributed by atoms with E-state index in [0.29, 0.717) is 24.0 Å². The zero-order valence-corrected chi connectivity index (χ0v) is 14.2. The smallest absolute Gasteiger partial charge is 0.233 e. The summed E-state index contributed by atoms with van der Waals surface area (Å²) in [6.45, 7) is 9.83. The molecule has 1 aliphatic carbocycles. The van der Waals surface area contributed by atoms with Gasteiger partial charge < -0.3 is 10.6 Å². The van der Waals surface area contributed by atoms with Gasteiger partial charge in [0.25, 0.3) is 0 Å². The molecule has 2 unspecified atom stereocenters. The molecule has 0 aromatic heterocycles. The fourth-order valence-electron chi connectivity index (χ4n) is 4.04. The highest BCUT2D eigenvalue weighted by Gasteiger charge is 2.33. The Labute approximate surface area is 130 Å². The maximum Gasteiger partial charge on any atom is 0.233 e. The molecule has 122 valence electrons. The summed E-state index contributed by atoms with van der Waals surface area (Å²) < 4.78 is 0. The van der Waals surface area contributed by atoms with Gasteiger partial charge in [0, 0.05) is 32.2 Å². The second-order valence-corrected chi connectivity index (χ2v) is 7.88. The summed E-state index contributed by atoms with van der Waals surface area (Å²) in [6, 6.07) is 1.33. The van der Waals surface area contributed by atoms with Crippen LogP contribution in [-0.4, -0.2) is 49.6 Å². The van der Waals surface area contributed by atoms with Gasteiger partial charge in [-0.3, -0.25) is 9.69 Å². The van der Waals surface area contributed by atoms with E-state index in [0.717, 1.165) is 19.0 Å². The van der Waals surface area contributed by atoms with Crippen LogP contribution in [0.25, 0.3) is 0 Å².